The average molecular weight is 488 g/mol. The molecule has 4 aromatic carbocycles. The minimum absolute atomic E-state index is 0.0349. The van der Waals surface area contributed by atoms with E-state index in [-0.39, 0.29) is 23.2 Å². The summed E-state index contributed by atoms with van der Waals surface area (Å²) < 4.78 is 0. The molecule has 36 heavy (non-hydrogen) atoms. The molecular formula is C30H21N2O3P. The molecule has 0 radical (unpaired) electrons. The van der Waals surface area contributed by atoms with Crippen molar-refractivity contribution in [1.29, 1.82) is 5.26 Å². The zero-order valence-electron chi connectivity index (χ0n) is 19.2. The van der Waals surface area contributed by atoms with Crippen LogP contribution in [0.25, 0.3) is 0 Å². The number of fused-ring (bicyclic) bond motifs is 1. The highest BCUT2D eigenvalue weighted by molar-refractivity contribution is 7.73. The molecule has 1 heterocycles. The van der Waals surface area contributed by atoms with Crippen molar-refractivity contribution < 1.29 is 14.4 Å². The van der Waals surface area contributed by atoms with E-state index in [0.29, 0.717) is 5.56 Å². The molecule has 0 unspecified atom stereocenters. The Morgan fingerprint density at radius 1 is 0.722 bits per heavy atom. The van der Waals surface area contributed by atoms with Gasteiger partial charge in [0.2, 0.25) is 5.91 Å². The van der Waals surface area contributed by atoms with Crippen molar-refractivity contribution >= 4 is 36.3 Å². The quantitative estimate of drug-likeness (QED) is 0.284. The highest BCUT2D eigenvalue weighted by atomic mass is 31.1. The van der Waals surface area contributed by atoms with Gasteiger partial charge in [-0.25, -0.2) is 4.90 Å². The maximum atomic E-state index is 13.7. The van der Waals surface area contributed by atoms with E-state index in [9.17, 15) is 19.6 Å². The van der Waals surface area contributed by atoms with E-state index < -0.39 is 25.6 Å². The molecule has 0 bridgehead atoms. The van der Waals surface area contributed by atoms with Crippen LogP contribution >= 0.6 is 7.92 Å². The summed E-state index contributed by atoms with van der Waals surface area (Å²) in [5, 5.41) is 11.4. The Bertz CT molecular complexity index is 1400. The van der Waals surface area contributed by atoms with Gasteiger partial charge in [-0.2, -0.15) is 5.26 Å². The van der Waals surface area contributed by atoms with Gasteiger partial charge in [-0.05, 0) is 48.4 Å². The lowest BCUT2D eigenvalue weighted by molar-refractivity contribution is -0.126. The fraction of sp³-hybridized carbons (Fsp3) is 0.0667. The summed E-state index contributed by atoms with van der Waals surface area (Å²) in [6.45, 7) is 0. The van der Waals surface area contributed by atoms with Crippen molar-refractivity contribution in [1.82, 2.24) is 4.90 Å². The first-order chi connectivity index (χ1) is 17.6. The first-order valence-corrected chi connectivity index (χ1v) is 12.9. The van der Waals surface area contributed by atoms with Crippen LogP contribution in [0.2, 0.25) is 0 Å². The lowest BCUT2D eigenvalue weighted by atomic mass is 10.1. The Labute approximate surface area is 210 Å². The molecule has 0 saturated heterocycles. The smallest absolute Gasteiger partial charge is 0.268 e. The molecular weight excluding hydrogens is 467 g/mol. The van der Waals surface area contributed by atoms with Crippen molar-refractivity contribution in [3.63, 3.8) is 0 Å². The number of nitriles is 1. The predicted octanol–water partition coefficient (Wildman–Crippen LogP) is 4.95. The van der Waals surface area contributed by atoms with E-state index in [1.54, 1.807) is 36.4 Å². The molecule has 0 fully saturated rings. The number of imide groups is 3. The monoisotopic (exact) mass is 488 g/mol. The molecule has 0 spiro atoms. The SMILES string of the molecule is N#Cc1ccc([C@H](CC(=O)N2C(=O)c3ccccc3C2=O)P(c2ccccc2)c2ccccc2)cc1. The zero-order chi connectivity index (χ0) is 25.1. The fourth-order valence-electron chi connectivity index (χ4n) is 4.50. The van der Waals surface area contributed by atoms with E-state index in [2.05, 4.69) is 6.07 Å². The predicted molar refractivity (Wildman–Crippen MR) is 140 cm³/mol. The van der Waals surface area contributed by atoms with Gasteiger partial charge in [0.1, 0.15) is 0 Å². The van der Waals surface area contributed by atoms with Crippen LogP contribution in [0.1, 0.15) is 43.9 Å². The van der Waals surface area contributed by atoms with E-state index in [1.807, 2.05) is 72.8 Å². The number of amides is 3. The lowest BCUT2D eigenvalue weighted by Gasteiger charge is -2.29. The van der Waals surface area contributed by atoms with E-state index in [0.717, 1.165) is 21.1 Å². The van der Waals surface area contributed by atoms with Crippen LogP contribution in [0, 0.1) is 11.3 Å². The molecule has 1 aliphatic rings. The van der Waals surface area contributed by atoms with E-state index >= 15 is 0 Å². The summed E-state index contributed by atoms with van der Waals surface area (Å²) in [5.74, 6) is -1.69. The fourth-order valence-corrected chi connectivity index (χ4v) is 7.31. The van der Waals surface area contributed by atoms with Crippen LogP contribution in [-0.2, 0) is 4.79 Å². The third kappa shape index (κ3) is 4.35. The molecule has 5 nitrogen and oxygen atoms in total. The van der Waals surface area contributed by atoms with Gasteiger partial charge in [0.25, 0.3) is 11.8 Å². The van der Waals surface area contributed by atoms with Crippen LogP contribution in [0.3, 0.4) is 0 Å². The second-order valence-corrected chi connectivity index (χ2v) is 10.8. The molecule has 1 atom stereocenters. The maximum Gasteiger partial charge on any atom is 0.268 e. The molecule has 3 amide bonds. The second kappa shape index (κ2) is 10.1. The number of nitrogens with zero attached hydrogens (tertiary/aromatic N) is 2. The molecule has 0 saturated carbocycles. The standard InChI is InChI=1S/C30H21N2O3P/c31-20-21-15-17-22(18-16-21)27(36(23-9-3-1-4-10-23)24-11-5-2-6-12-24)19-28(33)32-29(34)25-13-7-8-14-26(25)30(32)35/h1-18,27H,19H2/t27-/m0/s1. The first-order valence-electron chi connectivity index (χ1n) is 11.5. The van der Waals surface area contributed by atoms with Gasteiger partial charge in [-0.3, -0.25) is 14.4 Å². The summed E-state index contributed by atoms with van der Waals surface area (Å²) in [5.41, 5.74) is 1.57. The molecule has 0 aliphatic carbocycles. The average Bonchev–Trinajstić information content (AvgIpc) is 3.19. The number of rotatable bonds is 6. The number of carbonyl (C=O) groups excluding carboxylic acids is 3. The van der Waals surface area contributed by atoms with Crippen molar-refractivity contribution in [2.75, 3.05) is 0 Å². The first kappa shape index (κ1) is 23.4. The number of hydrogen-bond donors (Lipinski definition) is 0. The van der Waals surface area contributed by atoms with Gasteiger partial charge in [0, 0.05) is 12.1 Å². The van der Waals surface area contributed by atoms with Gasteiger partial charge >= 0.3 is 0 Å². The van der Waals surface area contributed by atoms with Crippen molar-refractivity contribution in [3.8, 4) is 6.07 Å². The van der Waals surface area contributed by atoms with Crippen LogP contribution in [0.15, 0.2) is 109 Å². The topological polar surface area (TPSA) is 78.2 Å². The van der Waals surface area contributed by atoms with Gasteiger partial charge < -0.3 is 0 Å². The third-order valence-electron chi connectivity index (χ3n) is 6.22. The highest BCUT2D eigenvalue weighted by Crippen LogP contribution is 2.51. The van der Waals surface area contributed by atoms with E-state index in [1.165, 1.54) is 0 Å². The molecule has 0 N–H and O–H groups in total. The van der Waals surface area contributed by atoms with Gasteiger partial charge in [0.05, 0.1) is 22.8 Å². The summed E-state index contributed by atoms with van der Waals surface area (Å²) in [6.07, 6.45) is -0.0349. The molecule has 1 aliphatic heterocycles. The molecule has 174 valence electrons. The van der Waals surface area contributed by atoms with Gasteiger partial charge in [0.15, 0.2) is 0 Å². The second-order valence-electron chi connectivity index (χ2n) is 8.38. The lowest BCUT2D eigenvalue weighted by Crippen LogP contribution is -2.37. The van der Waals surface area contributed by atoms with Crippen molar-refractivity contribution in [2.24, 2.45) is 0 Å². The minimum Gasteiger partial charge on any atom is -0.274 e. The van der Waals surface area contributed by atoms with Crippen LogP contribution in [0.5, 0.6) is 0 Å². The zero-order valence-corrected chi connectivity index (χ0v) is 20.1. The van der Waals surface area contributed by atoms with Gasteiger partial charge in [-0.1, -0.05) is 84.9 Å². The molecule has 0 aromatic heterocycles. The summed E-state index contributed by atoms with van der Waals surface area (Å²) in [7, 11) is -1.09. The molecule has 4 aromatic rings. The number of hydrogen-bond acceptors (Lipinski definition) is 4. The molecule has 5 rings (SSSR count). The van der Waals surface area contributed by atoms with E-state index in [4.69, 9.17) is 0 Å². The number of benzene rings is 4. The third-order valence-corrected chi connectivity index (χ3v) is 9.03. The van der Waals surface area contributed by atoms with Gasteiger partial charge in [-0.15, -0.1) is 0 Å². The Balaban J connectivity index is 1.58. The van der Waals surface area contributed by atoms with Crippen LogP contribution in [0.4, 0.5) is 0 Å². The Kier molecular flexibility index (Phi) is 6.54. The maximum absolute atomic E-state index is 13.7. The number of carbonyl (C=O) groups is 3. The van der Waals surface area contributed by atoms with Crippen LogP contribution < -0.4 is 10.6 Å². The normalized spacial score (nSPS) is 13.4. The Morgan fingerprint density at radius 2 is 1.19 bits per heavy atom. The van der Waals surface area contributed by atoms with Crippen LogP contribution in [-0.4, -0.2) is 22.6 Å². The van der Waals surface area contributed by atoms with Crippen molar-refractivity contribution in [2.45, 2.75) is 12.1 Å². The molecule has 6 heteroatoms. The Hall–Kier alpha value is -4.39. The van der Waals surface area contributed by atoms with Crippen molar-refractivity contribution in [3.05, 3.63) is 131 Å². The Morgan fingerprint density at radius 3 is 1.67 bits per heavy atom. The highest BCUT2D eigenvalue weighted by Gasteiger charge is 2.41. The minimum atomic E-state index is -1.09. The summed E-state index contributed by atoms with van der Waals surface area (Å²) in [4.78, 5) is 40.5. The summed E-state index contributed by atoms with van der Waals surface area (Å²) in [6, 6.07) is 35.8. The summed E-state index contributed by atoms with van der Waals surface area (Å²) >= 11 is 0. The largest absolute Gasteiger partial charge is 0.274 e.